The number of benzene rings is 1. The number of nitro groups is 1. The fourth-order valence-electron chi connectivity index (χ4n) is 0.831. The maximum absolute atomic E-state index is 11.4. The Morgan fingerprint density at radius 3 is 2.47 bits per heavy atom. The van der Waals surface area contributed by atoms with Gasteiger partial charge in [-0.3, -0.25) is 0 Å². The predicted octanol–water partition coefficient (Wildman–Crippen LogP) is 1.53. The van der Waals surface area contributed by atoms with Crippen molar-refractivity contribution < 1.29 is 26.5 Å². The second-order valence-corrected chi connectivity index (χ2v) is 4.20. The first-order valence-corrected chi connectivity index (χ1v) is 5.72. The van der Waals surface area contributed by atoms with E-state index in [1.54, 1.807) is 0 Å². The molecule has 0 heterocycles. The minimum atomic E-state index is -1.86. The molecule has 1 aromatic rings. The SMILES string of the molecule is CCC[O][Co](=[O])[c]1ccc([N+](=O)[O-])cc1. The van der Waals surface area contributed by atoms with Gasteiger partial charge >= 0.3 is 91.1 Å². The van der Waals surface area contributed by atoms with E-state index in [9.17, 15) is 14.0 Å². The van der Waals surface area contributed by atoms with Crippen molar-refractivity contribution in [2.24, 2.45) is 0 Å². The Labute approximate surface area is 91.5 Å². The molecule has 0 amide bonds. The summed E-state index contributed by atoms with van der Waals surface area (Å²) in [5.41, 5.74) is -0.0164. The van der Waals surface area contributed by atoms with Crippen LogP contribution in [0.15, 0.2) is 24.3 Å². The van der Waals surface area contributed by atoms with Crippen molar-refractivity contribution in [3.05, 3.63) is 34.4 Å². The Bertz CT molecular complexity index is 363. The van der Waals surface area contributed by atoms with Crippen LogP contribution in [0.3, 0.4) is 0 Å². The number of hydrogen-bond acceptors (Lipinski definition) is 4. The van der Waals surface area contributed by atoms with Gasteiger partial charge in [-0.1, -0.05) is 0 Å². The van der Waals surface area contributed by atoms with Gasteiger partial charge in [-0.25, -0.2) is 0 Å². The third-order valence-corrected chi connectivity index (χ3v) is 2.86. The van der Waals surface area contributed by atoms with Crippen LogP contribution in [-0.2, 0) is 21.6 Å². The van der Waals surface area contributed by atoms with Crippen molar-refractivity contribution >= 4 is 10.2 Å². The van der Waals surface area contributed by atoms with Gasteiger partial charge in [-0.05, 0) is 0 Å². The van der Waals surface area contributed by atoms with Crippen LogP contribution in [0.1, 0.15) is 13.3 Å². The second-order valence-electron chi connectivity index (χ2n) is 2.70. The van der Waals surface area contributed by atoms with Crippen LogP contribution in [0.25, 0.3) is 0 Å². The van der Waals surface area contributed by atoms with Crippen molar-refractivity contribution in [2.45, 2.75) is 13.3 Å². The molecule has 0 saturated heterocycles. The van der Waals surface area contributed by atoms with Crippen LogP contribution < -0.4 is 4.50 Å². The molecule has 5 nitrogen and oxygen atoms in total. The second kappa shape index (κ2) is 5.69. The van der Waals surface area contributed by atoms with Crippen LogP contribution in [0.4, 0.5) is 5.69 Å². The van der Waals surface area contributed by atoms with Crippen molar-refractivity contribution in [2.75, 3.05) is 6.61 Å². The molecule has 0 atom stereocenters. The van der Waals surface area contributed by atoms with Crippen LogP contribution in [0.2, 0.25) is 0 Å². The predicted molar refractivity (Wildman–Crippen MR) is 49.7 cm³/mol. The Morgan fingerprint density at radius 1 is 1.40 bits per heavy atom. The standard InChI is InChI=1S/C6H4NO2.C3H7O.Co.O/c8-7(9)6-4-2-1-3-5-6;1-2-3-4;;/h2-5H;2-3H2,1H3;;/q;-1;+1;. The summed E-state index contributed by atoms with van der Waals surface area (Å²) in [5, 5.41) is 10.4. The molecule has 6 heteroatoms. The molecule has 0 N–H and O–H groups in total. The molecule has 0 unspecified atom stereocenters. The Morgan fingerprint density at radius 2 is 2.00 bits per heavy atom. The number of non-ortho nitro benzene ring substituents is 1. The molecule has 1 rings (SSSR count). The Balaban J connectivity index is 2.71. The molecule has 0 aromatic heterocycles. The summed E-state index contributed by atoms with van der Waals surface area (Å²) in [6.45, 7) is 2.34. The first-order valence-electron chi connectivity index (χ1n) is 4.34. The fourth-order valence-corrected chi connectivity index (χ4v) is 1.87. The Hall–Kier alpha value is -1.11. The number of rotatable bonds is 5. The molecule has 0 saturated carbocycles. The van der Waals surface area contributed by atoms with Gasteiger partial charge in [0.1, 0.15) is 0 Å². The number of hydrogen-bond donors (Lipinski definition) is 0. The maximum atomic E-state index is 11.4. The van der Waals surface area contributed by atoms with Gasteiger partial charge < -0.3 is 0 Å². The van der Waals surface area contributed by atoms with Crippen molar-refractivity contribution in [1.82, 2.24) is 0 Å². The first kappa shape index (κ1) is 12.0. The summed E-state index contributed by atoms with van der Waals surface area (Å²) >= 11 is -1.86. The van der Waals surface area contributed by atoms with Crippen LogP contribution >= 0.6 is 0 Å². The van der Waals surface area contributed by atoms with Gasteiger partial charge in [-0.2, -0.15) is 0 Å². The molecule has 15 heavy (non-hydrogen) atoms. The van der Waals surface area contributed by atoms with Crippen molar-refractivity contribution in [1.29, 1.82) is 0 Å². The molecule has 0 fully saturated rings. The van der Waals surface area contributed by atoms with E-state index in [0.717, 1.165) is 6.42 Å². The van der Waals surface area contributed by atoms with E-state index in [-0.39, 0.29) is 5.69 Å². The van der Waals surface area contributed by atoms with Crippen molar-refractivity contribution in [3.63, 3.8) is 0 Å². The van der Waals surface area contributed by atoms with E-state index >= 15 is 0 Å². The van der Waals surface area contributed by atoms with E-state index in [1.807, 2.05) is 6.92 Å². The van der Waals surface area contributed by atoms with Gasteiger partial charge in [0.2, 0.25) is 0 Å². The molecule has 0 radical (unpaired) electrons. The first-order chi connectivity index (χ1) is 7.15. The minimum absolute atomic E-state index is 0.0164. The summed E-state index contributed by atoms with van der Waals surface area (Å²) in [4.78, 5) is 9.86. The summed E-state index contributed by atoms with van der Waals surface area (Å²) in [6.07, 6.45) is 0.785. The van der Waals surface area contributed by atoms with Gasteiger partial charge in [0, 0.05) is 0 Å². The normalized spacial score (nSPS) is 11.1. The van der Waals surface area contributed by atoms with Crippen molar-refractivity contribution in [3.8, 4) is 0 Å². The summed E-state index contributed by atoms with van der Waals surface area (Å²) < 4.78 is 16.9. The third-order valence-electron chi connectivity index (χ3n) is 1.54. The van der Waals surface area contributed by atoms with Gasteiger partial charge in [-0.15, -0.1) is 0 Å². The fraction of sp³-hybridized carbons (Fsp3) is 0.333. The summed E-state index contributed by atoms with van der Waals surface area (Å²) in [6, 6.07) is 5.53. The molecule has 0 spiro atoms. The van der Waals surface area contributed by atoms with Gasteiger partial charge in [0.25, 0.3) is 0 Å². The summed E-state index contributed by atoms with van der Waals surface area (Å²) in [5.74, 6) is 0. The molecule has 0 aliphatic rings. The van der Waals surface area contributed by atoms with E-state index in [4.69, 9.17) is 3.85 Å². The topological polar surface area (TPSA) is 69.4 Å². The molecule has 0 aliphatic carbocycles. The molecular weight excluding hydrogens is 245 g/mol. The average molecular weight is 256 g/mol. The third kappa shape index (κ3) is 3.50. The molecular formula is C9H11CoNO4. The summed E-state index contributed by atoms with van der Waals surface area (Å²) in [7, 11) is 0. The zero-order valence-electron chi connectivity index (χ0n) is 8.14. The quantitative estimate of drug-likeness (QED) is 0.591. The van der Waals surface area contributed by atoms with Gasteiger partial charge in [0.05, 0.1) is 0 Å². The molecule has 1 aromatic carbocycles. The zero-order valence-corrected chi connectivity index (χ0v) is 9.18. The zero-order chi connectivity index (χ0) is 11.3. The molecule has 0 aliphatic heterocycles. The molecule has 0 bridgehead atoms. The average Bonchev–Trinajstić information content (AvgIpc) is 2.26. The Kier molecular flexibility index (Phi) is 4.54. The molecule has 85 valence electrons. The van der Waals surface area contributed by atoms with E-state index in [2.05, 4.69) is 0 Å². The van der Waals surface area contributed by atoms with Crippen LogP contribution in [-0.4, -0.2) is 11.5 Å². The van der Waals surface area contributed by atoms with E-state index in [1.165, 1.54) is 24.3 Å². The number of nitrogens with zero attached hydrogens (tertiary/aromatic N) is 1. The number of nitro benzene ring substituents is 1. The van der Waals surface area contributed by atoms with Gasteiger partial charge in [0.15, 0.2) is 0 Å². The monoisotopic (exact) mass is 256 g/mol. The van der Waals surface area contributed by atoms with E-state index in [0.29, 0.717) is 11.1 Å². The van der Waals surface area contributed by atoms with E-state index < -0.39 is 18.8 Å². The van der Waals surface area contributed by atoms with Crippen LogP contribution in [0.5, 0.6) is 0 Å². The van der Waals surface area contributed by atoms with Crippen LogP contribution in [0, 0.1) is 10.1 Å².